The molecule has 0 unspecified atom stereocenters. The Balaban J connectivity index is 1.89. The molecule has 2 aromatic carbocycles. The molecule has 2 aromatic rings. The minimum Gasteiger partial charge on any atom is -0.491 e. The van der Waals surface area contributed by atoms with Crippen molar-refractivity contribution in [2.24, 2.45) is 0 Å². The van der Waals surface area contributed by atoms with Gasteiger partial charge in [-0.15, -0.1) is 0 Å². The molecule has 5 nitrogen and oxygen atoms in total. The number of ether oxygens (including phenoxy) is 1. The van der Waals surface area contributed by atoms with E-state index < -0.39 is 6.10 Å². The molecule has 1 aliphatic rings. The van der Waals surface area contributed by atoms with E-state index in [2.05, 4.69) is 16.3 Å². The van der Waals surface area contributed by atoms with E-state index in [9.17, 15) is 14.8 Å². The number of anilines is 1. The summed E-state index contributed by atoms with van der Waals surface area (Å²) in [5.41, 5.74) is 2.34. The molecule has 0 saturated carbocycles. The molecular weight excluding hydrogens is 333 g/mol. The van der Waals surface area contributed by atoms with Crippen molar-refractivity contribution in [1.29, 1.82) is 5.26 Å². The van der Waals surface area contributed by atoms with Crippen LogP contribution in [0.4, 0.5) is 10.1 Å². The van der Waals surface area contributed by atoms with Gasteiger partial charge in [-0.2, -0.15) is 5.26 Å². The predicted molar refractivity (Wildman–Crippen MR) is 97.7 cm³/mol. The van der Waals surface area contributed by atoms with E-state index in [4.69, 9.17) is 4.74 Å². The number of aliphatic hydroxyl groups excluding tert-OH is 1. The summed E-state index contributed by atoms with van der Waals surface area (Å²) in [6.45, 7) is 4.09. The summed E-state index contributed by atoms with van der Waals surface area (Å²) in [5.74, 6) is 0.293. The van der Waals surface area contributed by atoms with E-state index >= 15 is 0 Å². The van der Waals surface area contributed by atoms with E-state index in [0.717, 1.165) is 30.9 Å². The van der Waals surface area contributed by atoms with Gasteiger partial charge in [0.2, 0.25) is 0 Å². The second-order valence-corrected chi connectivity index (χ2v) is 6.42. The van der Waals surface area contributed by atoms with Gasteiger partial charge >= 0.3 is 0 Å². The molecule has 1 saturated heterocycles. The zero-order chi connectivity index (χ0) is 18.5. The highest BCUT2D eigenvalue weighted by Gasteiger charge is 2.26. The summed E-state index contributed by atoms with van der Waals surface area (Å²) in [6.07, 6.45) is -0.573. The lowest BCUT2D eigenvalue weighted by Crippen LogP contribution is -2.46. The second kappa shape index (κ2) is 8.17. The molecule has 0 aromatic heterocycles. The molecule has 0 aliphatic carbocycles. The lowest BCUT2D eigenvalue weighted by atomic mass is 10.0. The van der Waals surface area contributed by atoms with Crippen LogP contribution in [0.3, 0.4) is 0 Å². The lowest BCUT2D eigenvalue weighted by molar-refractivity contribution is 0.122. The number of halogens is 1. The Morgan fingerprint density at radius 3 is 2.81 bits per heavy atom. The van der Waals surface area contributed by atoms with E-state index in [1.807, 2.05) is 12.1 Å². The third-order valence-corrected chi connectivity index (χ3v) is 4.39. The van der Waals surface area contributed by atoms with Gasteiger partial charge in [0.05, 0.1) is 23.4 Å². The largest absolute Gasteiger partial charge is 0.491 e. The zero-order valence-corrected chi connectivity index (χ0v) is 14.7. The first-order valence-corrected chi connectivity index (χ1v) is 8.66. The van der Waals surface area contributed by atoms with Crippen LogP contribution in [0, 0.1) is 17.1 Å². The number of nitriles is 1. The number of hydrogen-bond acceptors (Lipinski definition) is 5. The van der Waals surface area contributed by atoms with Crippen LogP contribution < -0.4 is 15.0 Å². The van der Waals surface area contributed by atoms with Crippen LogP contribution in [0.15, 0.2) is 42.5 Å². The van der Waals surface area contributed by atoms with Crippen molar-refractivity contribution in [3.63, 3.8) is 0 Å². The monoisotopic (exact) mass is 355 g/mol. The fourth-order valence-corrected chi connectivity index (χ4v) is 3.14. The molecule has 0 radical (unpaired) electrons. The zero-order valence-electron chi connectivity index (χ0n) is 14.7. The van der Waals surface area contributed by atoms with Gasteiger partial charge in [-0.05, 0) is 42.8 Å². The van der Waals surface area contributed by atoms with E-state index in [1.54, 1.807) is 25.1 Å². The third kappa shape index (κ3) is 4.13. The number of aliphatic hydroxyl groups is 1. The maximum atomic E-state index is 13.3. The summed E-state index contributed by atoms with van der Waals surface area (Å²) >= 11 is 0. The fraction of sp³-hybridized carbons (Fsp3) is 0.350. The average molecular weight is 355 g/mol. The van der Waals surface area contributed by atoms with Crippen molar-refractivity contribution in [3.05, 3.63) is 59.4 Å². The quantitative estimate of drug-likeness (QED) is 0.863. The number of benzene rings is 2. The average Bonchev–Trinajstić information content (AvgIpc) is 2.67. The Labute approximate surface area is 152 Å². The van der Waals surface area contributed by atoms with Gasteiger partial charge in [0, 0.05) is 19.6 Å². The van der Waals surface area contributed by atoms with Gasteiger partial charge in [0.15, 0.2) is 0 Å². The first-order valence-electron chi connectivity index (χ1n) is 8.66. The number of rotatable bonds is 5. The summed E-state index contributed by atoms with van der Waals surface area (Å²) in [6, 6.07) is 14.1. The van der Waals surface area contributed by atoms with Crippen molar-refractivity contribution in [1.82, 2.24) is 5.32 Å². The SMILES string of the molecule is C[C@H](O)COc1ccc(N2CCNC[C@H]2c2ccc(F)cc2)c(C#N)c1. The maximum absolute atomic E-state index is 13.3. The van der Waals surface area contributed by atoms with E-state index in [-0.39, 0.29) is 18.5 Å². The second-order valence-electron chi connectivity index (χ2n) is 6.42. The molecule has 0 spiro atoms. The van der Waals surface area contributed by atoms with Crippen LogP contribution >= 0.6 is 0 Å². The highest BCUT2D eigenvalue weighted by Crippen LogP contribution is 2.33. The highest BCUT2D eigenvalue weighted by atomic mass is 19.1. The first-order chi connectivity index (χ1) is 12.6. The van der Waals surface area contributed by atoms with Crippen LogP contribution in [0.5, 0.6) is 5.75 Å². The van der Waals surface area contributed by atoms with Gasteiger partial charge in [0.25, 0.3) is 0 Å². The number of piperazine rings is 1. The van der Waals surface area contributed by atoms with Crippen molar-refractivity contribution < 1.29 is 14.2 Å². The maximum Gasteiger partial charge on any atom is 0.123 e. The topological polar surface area (TPSA) is 68.5 Å². The van der Waals surface area contributed by atoms with Crippen LogP contribution in [0.2, 0.25) is 0 Å². The smallest absolute Gasteiger partial charge is 0.123 e. The number of hydrogen-bond donors (Lipinski definition) is 2. The molecule has 0 amide bonds. The molecule has 6 heteroatoms. The molecule has 3 rings (SSSR count). The van der Waals surface area contributed by atoms with Crippen LogP contribution in [0.1, 0.15) is 24.1 Å². The molecule has 1 aliphatic heterocycles. The first kappa shape index (κ1) is 18.2. The van der Waals surface area contributed by atoms with Crippen molar-refractivity contribution in [2.45, 2.75) is 19.1 Å². The van der Waals surface area contributed by atoms with Gasteiger partial charge < -0.3 is 20.1 Å². The summed E-state index contributed by atoms with van der Waals surface area (Å²) in [7, 11) is 0. The summed E-state index contributed by atoms with van der Waals surface area (Å²) in [5, 5.41) is 22.3. The molecule has 1 heterocycles. The highest BCUT2D eigenvalue weighted by molar-refractivity contribution is 5.63. The Bertz CT molecular complexity index is 787. The molecule has 2 N–H and O–H groups in total. The van der Waals surface area contributed by atoms with Gasteiger partial charge in [-0.1, -0.05) is 12.1 Å². The minimum absolute atomic E-state index is 0.0145. The van der Waals surface area contributed by atoms with Crippen LogP contribution in [-0.2, 0) is 0 Å². The van der Waals surface area contributed by atoms with Gasteiger partial charge in [-0.25, -0.2) is 4.39 Å². The van der Waals surface area contributed by atoms with Gasteiger partial charge in [0.1, 0.15) is 24.2 Å². The molecule has 1 fully saturated rings. The van der Waals surface area contributed by atoms with Gasteiger partial charge in [-0.3, -0.25) is 0 Å². The van der Waals surface area contributed by atoms with Crippen LogP contribution in [-0.4, -0.2) is 37.5 Å². The van der Waals surface area contributed by atoms with Crippen LogP contribution in [0.25, 0.3) is 0 Å². The van der Waals surface area contributed by atoms with E-state index in [0.29, 0.717) is 11.3 Å². The molecule has 26 heavy (non-hydrogen) atoms. The summed E-state index contributed by atoms with van der Waals surface area (Å²) in [4.78, 5) is 2.17. The standard InChI is InChI=1S/C20H22FN3O2/c1-14(25)13-26-18-6-7-19(16(10-18)11-22)24-9-8-23-12-20(24)15-2-4-17(21)5-3-15/h2-7,10,14,20,23,25H,8-9,12-13H2,1H3/t14-,20-/m0/s1. The number of nitrogens with one attached hydrogen (secondary N) is 1. The fourth-order valence-electron chi connectivity index (χ4n) is 3.14. The molecule has 2 atom stereocenters. The molecular formula is C20H22FN3O2. The summed E-state index contributed by atoms with van der Waals surface area (Å²) < 4.78 is 18.8. The molecule has 0 bridgehead atoms. The normalized spacial score (nSPS) is 18.2. The number of nitrogens with zero attached hydrogens (tertiary/aromatic N) is 2. The Morgan fingerprint density at radius 2 is 2.12 bits per heavy atom. The Hall–Kier alpha value is -2.62. The van der Waals surface area contributed by atoms with Crippen molar-refractivity contribution >= 4 is 5.69 Å². The Morgan fingerprint density at radius 1 is 1.35 bits per heavy atom. The minimum atomic E-state index is -0.573. The third-order valence-electron chi connectivity index (χ3n) is 4.39. The predicted octanol–water partition coefficient (Wildman–Crippen LogP) is 2.61. The molecule has 136 valence electrons. The van der Waals surface area contributed by atoms with Crippen molar-refractivity contribution in [2.75, 3.05) is 31.1 Å². The Kier molecular flexibility index (Phi) is 5.71. The van der Waals surface area contributed by atoms with E-state index in [1.165, 1.54) is 12.1 Å². The lowest BCUT2D eigenvalue weighted by Gasteiger charge is -2.38. The van der Waals surface area contributed by atoms with Crippen molar-refractivity contribution in [3.8, 4) is 11.8 Å².